The van der Waals surface area contributed by atoms with E-state index in [1.165, 1.54) is 0 Å². The van der Waals surface area contributed by atoms with Gasteiger partial charge < -0.3 is 14.2 Å². The van der Waals surface area contributed by atoms with Crippen LogP contribution in [0.3, 0.4) is 0 Å². The van der Waals surface area contributed by atoms with Gasteiger partial charge in [0, 0.05) is 31.1 Å². The average Bonchev–Trinajstić information content (AvgIpc) is 2.76. The molecule has 1 heterocycles. The molecule has 35 heavy (non-hydrogen) atoms. The summed E-state index contributed by atoms with van der Waals surface area (Å²) < 4.78 is 129. The zero-order valence-corrected chi connectivity index (χ0v) is 18.5. The predicted octanol–water partition coefficient (Wildman–Crippen LogP) is 7.07. The van der Waals surface area contributed by atoms with E-state index in [1.54, 1.807) is 0 Å². The minimum Gasteiger partial charge on any atom is -0.433 e. The number of rotatable bonds is 5. The fourth-order valence-electron chi connectivity index (χ4n) is 4.26. The molecule has 3 aliphatic carbocycles. The molecule has 192 valence electrons. The highest BCUT2D eigenvalue weighted by Gasteiger charge is 2.47. The first-order valence-corrected chi connectivity index (χ1v) is 11.0. The Labute approximate surface area is 196 Å². The Kier molecular flexibility index (Phi) is 7.28. The fraction of sp³-hybridized carbons (Fsp3) is 0.500. The van der Waals surface area contributed by atoms with Crippen molar-refractivity contribution < 1.29 is 49.3 Å². The molecule has 0 bridgehead atoms. The van der Waals surface area contributed by atoms with Crippen molar-refractivity contribution in [1.29, 1.82) is 0 Å². The molecule has 0 amide bonds. The van der Waals surface area contributed by atoms with Gasteiger partial charge in [0.15, 0.2) is 24.1 Å². The van der Waals surface area contributed by atoms with E-state index in [2.05, 4.69) is 4.74 Å². The molecule has 0 radical (unpaired) electrons. The summed E-state index contributed by atoms with van der Waals surface area (Å²) in [6.45, 7) is 2.44. The van der Waals surface area contributed by atoms with Crippen molar-refractivity contribution in [2.45, 2.75) is 50.9 Å². The van der Waals surface area contributed by atoms with E-state index in [0.717, 1.165) is 18.2 Å². The molecular formula is C24H22F8O3. The molecule has 0 aromatic rings. The van der Waals surface area contributed by atoms with Crippen molar-refractivity contribution in [2.75, 3.05) is 13.2 Å². The van der Waals surface area contributed by atoms with E-state index in [-0.39, 0.29) is 17.1 Å². The van der Waals surface area contributed by atoms with Crippen LogP contribution in [0.5, 0.6) is 0 Å². The van der Waals surface area contributed by atoms with Crippen LogP contribution < -0.4 is 0 Å². The van der Waals surface area contributed by atoms with Gasteiger partial charge in [0.1, 0.15) is 29.2 Å². The topological polar surface area (TPSA) is 27.7 Å². The lowest BCUT2D eigenvalue weighted by atomic mass is 9.88. The second kappa shape index (κ2) is 9.93. The summed E-state index contributed by atoms with van der Waals surface area (Å²) in [5.74, 6) is -7.60. The largest absolute Gasteiger partial charge is 0.433 e. The van der Waals surface area contributed by atoms with E-state index in [4.69, 9.17) is 9.47 Å². The normalized spacial score (nSPS) is 32.7. The summed E-state index contributed by atoms with van der Waals surface area (Å²) in [6, 6.07) is 0. The summed E-state index contributed by atoms with van der Waals surface area (Å²) in [4.78, 5) is 0. The Morgan fingerprint density at radius 2 is 1.63 bits per heavy atom. The number of allylic oxidation sites excluding steroid dienone is 9. The maximum absolute atomic E-state index is 14.7. The van der Waals surface area contributed by atoms with Crippen LogP contribution in [0, 0.1) is 11.8 Å². The van der Waals surface area contributed by atoms with E-state index < -0.39 is 84.6 Å². The molecule has 4 rings (SSSR count). The first kappa shape index (κ1) is 25.7. The highest BCUT2D eigenvalue weighted by atomic mass is 19.3. The smallest absolute Gasteiger partial charge is 0.431 e. The summed E-state index contributed by atoms with van der Waals surface area (Å²) in [6.07, 6.45) is -8.49. The van der Waals surface area contributed by atoms with Gasteiger partial charge in [-0.05, 0) is 29.4 Å². The molecule has 0 saturated carbocycles. The van der Waals surface area contributed by atoms with Gasteiger partial charge in [-0.25, -0.2) is 26.3 Å². The maximum atomic E-state index is 14.7. The van der Waals surface area contributed by atoms with Crippen LogP contribution in [0.2, 0.25) is 0 Å². The van der Waals surface area contributed by atoms with Crippen molar-refractivity contribution in [2.24, 2.45) is 11.8 Å². The Morgan fingerprint density at radius 1 is 0.943 bits per heavy atom. The van der Waals surface area contributed by atoms with Crippen molar-refractivity contribution in [3.63, 3.8) is 0 Å². The van der Waals surface area contributed by atoms with Crippen LogP contribution in [0.15, 0.2) is 70.1 Å². The molecule has 0 aromatic heterocycles. The number of halogens is 8. The van der Waals surface area contributed by atoms with Gasteiger partial charge in [-0.15, -0.1) is 0 Å². The van der Waals surface area contributed by atoms with Crippen LogP contribution in [-0.4, -0.2) is 38.0 Å². The number of ether oxygens (including phenoxy) is 3. The SMILES string of the molecule is CC1COC(C2C=C(F)C(C(F)(F)OC3=CC=C(C4=CC(F)=C(F)C(F)C4)C(F)C3)=C(F)C2)OC1. The lowest BCUT2D eigenvalue weighted by molar-refractivity contribution is -0.216. The molecule has 11 heteroatoms. The van der Waals surface area contributed by atoms with Crippen molar-refractivity contribution >= 4 is 0 Å². The molecule has 0 spiro atoms. The van der Waals surface area contributed by atoms with Crippen LogP contribution in [-0.2, 0) is 14.2 Å². The molecule has 3 nitrogen and oxygen atoms in total. The number of hydrogen-bond donors (Lipinski definition) is 0. The molecule has 3 atom stereocenters. The number of alkyl halides is 4. The number of hydrogen-bond acceptors (Lipinski definition) is 3. The van der Waals surface area contributed by atoms with E-state index in [1.807, 2.05) is 6.92 Å². The minimum absolute atomic E-state index is 0.0828. The van der Waals surface area contributed by atoms with E-state index in [0.29, 0.717) is 19.3 Å². The molecule has 0 aromatic carbocycles. The summed E-state index contributed by atoms with van der Waals surface area (Å²) in [7, 11) is 0. The van der Waals surface area contributed by atoms with Gasteiger partial charge in [0.25, 0.3) is 0 Å². The zero-order valence-electron chi connectivity index (χ0n) is 18.5. The third kappa shape index (κ3) is 5.40. The fourth-order valence-corrected chi connectivity index (χ4v) is 4.26. The van der Waals surface area contributed by atoms with Crippen molar-refractivity contribution in [3.05, 3.63) is 70.1 Å². The quantitative estimate of drug-likeness (QED) is 0.370. The standard InChI is InChI=1S/C24H22F8O3/c1-11-9-33-23(34-10-11)13-6-17(26)21(18(27)7-13)24(31,32)35-14-2-3-15(16(25)8-14)12-4-19(28)22(30)20(29)5-12/h2-4,6,11,13,16,20,23H,5,7-10H2,1H3. The predicted molar refractivity (Wildman–Crippen MR) is 109 cm³/mol. The first-order chi connectivity index (χ1) is 16.5. The van der Waals surface area contributed by atoms with Gasteiger partial charge in [-0.3, -0.25) is 0 Å². The van der Waals surface area contributed by atoms with E-state index >= 15 is 0 Å². The molecule has 3 unspecified atom stereocenters. The highest BCUT2D eigenvalue weighted by molar-refractivity contribution is 5.46. The molecule has 1 saturated heterocycles. The van der Waals surface area contributed by atoms with E-state index in [9.17, 15) is 35.1 Å². The lowest BCUT2D eigenvalue weighted by Gasteiger charge is -2.34. The molecule has 0 N–H and O–H groups in total. The van der Waals surface area contributed by atoms with Gasteiger partial charge in [-0.2, -0.15) is 8.78 Å². The maximum Gasteiger partial charge on any atom is 0.431 e. The molecule has 1 aliphatic heterocycles. The monoisotopic (exact) mass is 510 g/mol. The van der Waals surface area contributed by atoms with Crippen molar-refractivity contribution in [1.82, 2.24) is 0 Å². The van der Waals surface area contributed by atoms with Gasteiger partial charge in [-0.1, -0.05) is 13.0 Å². The summed E-state index contributed by atoms with van der Waals surface area (Å²) in [5, 5.41) is 0. The van der Waals surface area contributed by atoms with Gasteiger partial charge >= 0.3 is 6.11 Å². The first-order valence-electron chi connectivity index (χ1n) is 11.0. The second-order valence-electron chi connectivity index (χ2n) is 8.89. The zero-order chi connectivity index (χ0) is 25.5. The Balaban J connectivity index is 1.49. The lowest BCUT2D eigenvalue weighted by Crippen LogP contribution is -2.37. The minimum atomic E-state index is -4.47. The second-order valence-corrected chi connectivity index (χ2v) is 8.89. The third-order valence-corrected chi connectivity index (χ3v) is 6.02. The third-order valence-electron chi connectivity index (χ3n) is 6.02. The van der Waals surface area contributed by atoms with Crippen LogP contribution in [0.25, 0.3) is 0 Å². The van der Waals surface area contributed by atoms with Gasteiger partial charge in [0.2, 0.25) is 0 Å². The Morgan fingerprint density at radius 3 is 2.23 bits per heavy atom. The molecule has 4 aliphatic rings. The molecule has 1 fully saturated rings. The summed E-state index contributed by atoms with van der Waals surface area (Å²) in [5.41, 5.74) is -2.01. The van der Waals surface area contributed by atoms with Crippen LogP contribution >= 0.6 is 0 Å². The van der Waals surface area contributed by atoms with Crippen LogP contribution in [0.4, 0.5) is 35.1 Å². The van der Waals surface area contributed by atoms with Gasteiger partial charge in [0.05, 0.1) is 13.2 Å². The summed E-state index contributed by atoms with van der Waals surface area (Å²) >= 11 is 0. The Bertz CT molecular complexity index is 1050. The Hall–Kier alpha value is -2.40. The average molecular weight is 510 g/mol. The molecular weight excluding hydrogens is 488 g/mol. The van der Waals surface area contributed by atoms with Crippen molar-refractivity contribution in [3.8, 4) is 0 Å². The van der Waals surface area contributed by atoms with Crippen LogP contribution in [0.1, 0.15) is 26.2 Å². The highest BCUT2D eigenvalue weighted by Crippen LogP contribution is 2.44.